The molecule has 0 aliphatic rings. The third kappa shape index (κ3) is 17.2. The molecule has 198 valence electrons. The molecule has 34 heavy (non-hydrogen) atoms. The van der Waals surface area contributed by atoms with Crippen molar-refractivity contribution in [3.05, 3.63) is 17.7 Å². The molecule has 0 aliphatic carbocycles. The van der Waals surface area contributed by atoms with Crippen LogP contribution in [0.3, 0.4) is 0 Å². The van der Waals surface area contributed by atoms with E-state index in [0.29, 0.717) is 5.75 Å². The fourth-order valence-electron chi connectivity index (χ4n) is 4.46. The minimum atomic E-state index is 0.500. The van der Waals surface area contributed by atoms with Gasteiger partial charge in [0.2, 0.25) is 0 Å². The number of aryl methyl sites for hydroxylation is 1. The lowest BCUT2D eigenvalue weighted by molar-refractivity contribution is 0.457. The first-order valence-corrected chi connectivity index (χ1v) is 16.7. The summed E-state index contributed by atoms with van der Waals surface area (Å²) in [5.41, 5.74) is 1.03. The molecule has 3 heteroatoms. The van der Waals surface area contributed by atoms with Gasteiger partial charge in [0.25, 0.3) is 0 Å². The van der Waals surface area contributed by atoms with Crippen LogP contribution in [-0.2, 0) is 0 Å². The number of benzene rings is 1. The van der Waals surface area contributed by atoms with Gasteiger partial charge in [0.15, 0.2) is 0 Å². The predicted octanol–water partition coefficient (Wildman–Crippen LogP) is 11.7. The lowest BCUT2D eigenvalue weighted by Gasteiger charge is -2.11. The number of aromatic hydroxyl groups is 1. The van der Waals surface area contributed by atoms with Gasteiger partial charge in [0.05, 0.1) is 4.90 Å². The van der Waals surface area contributed by atoms with Crippen molar-refractivity contribution in [2.45, 2.75) is 159 Å². The van der Waals surface area contributed by atoms with Crippen molar-refractivity contribution in [3.8, 4) is 5.75 Å². The Hall–Kier alpha value is -0.280. The number of rotatable bonds is 24. The fraction of sp³-hybridized carbons (Fsp3) is 0.806. The van der Waals surface area contributed by atoms with Crippen LogP contribution in [0.4, 0.5) is 0 Å². The van der Waals surface area contributed by atoms with E-state index in [1.807, 2.05) is 30.4 Å². The van der Waals surface area contributed by atoms with Gasteiger partial charge in [-0.15, -0.1) is 23.5 Å². The standard InChI is InChI=1S/C31H56OS2/c1-4-6-8-10-12-14-16-18-20-22-24-33-29-26-28(3)31(32)30(27-29)34-25-23-21-19-17-15-13-11-9-7-5-2/h26-27,32H,4-25H2,1-3H3. The van der Waals surface area contributed by atoms with E-state index in [0.717, 1.165) is 16.2 Å². The Bertz CT molecular complexity index is 587. The molecule has 0 fully saturated rings. The summed E-state index contributed by atoms with van der Waals surface area (Å²) in [6.45, 7) is 6.62. The summed E-state index contributed by atoms with van der Waals surface area (Å²) >= 11 is 3.82. The van der Waals surface area contributed by atoms with Gasteiger partial charge in [-0.3, -0.25) is 0 Å². The normalized spacial score (nSPS) is 11.4. The first kappa shape index (κ1) is 31.7. The van der Waals surface area contributed by atoms with Gasteiger partial charge in [-0.2, -0.15) is 0 Å². The average molecular weight is 509 g/mol. The smallest absolute Gasteiger partial charge is 0.132 e. The van der Waals surface area contributed by atoms with E-state index in [4.69, 9.17) is 0 Å². The molecule has 1 N–H and O–H groups in total. The van der Waals surface area contributed by atoms with E-state index in [1.165, 1.54) is 139 Å². The van der Waals surface area contributed by atoms with Gasteiger partial charge in [0, 0.05) is 4.90 Å². The maximum atomic E-state index is 10.5. The summed E-state index contributed by atoms with van der Waals surface area (Å²) < 4.78 is 0. The molecule has 1 nitrogen and oxygen atoms in total. The van der Waals surface area contributed by atoms with Gasteiger partial charge in [-0.05, 0) is 49.0 Å². The maximum absolute atomic E-state index is 10.5. The molecule has 0 aromatic heterocycles. The summed E-state index contributed by atoms with van der Waals surface area (Å²) in [4.78, 5) is 2.42. The molecule has 1 aromatic rings. The highest BCUT2D eigenvalue weighted by atomic mass is 32.2. The lowest BCUT2D eigenvalue weighted by Crippen LogP contribution is -1.88. The first-order chi connectivity index (χ1) is 16.7. The molecule has 0 heterocycles. The predicted molar refractivity (Wildman–Crippen MR) is 158 cm³/mol. The van der Waals surface area contributed by atoms with Crippen molar-refractivity contribution in [1.29, 1.82) is 0 Å². The van der Waals surface area contributed by atoms with Crippen LogP contribution in [0, 0.1) is 6.92 Å². The zero-order chi connectivity index (χ0) is 24.7. The number of thioether (sulfide) groups is 2. The molecule has 0 saturated carbocycles. The Kier molecular flexibility index (Phi) is 21.6. The van der Waals surface area contributed by atoms with Crippen LogP contribution in [0.25, 0.3) is 0 Å². The Balaban J connectivity index is 2.11. The highest BCUT2D eigenvalue weighted by Crippen LogP contribution is 2.36. The van der Waals surface area contributed by atoms with Crippen molar-refractivity contribution >= 4 is 23.5 Å². The molecule has 1 rings (SSSR count). The largest absolute Gasteiger partial charge is 0.507 e. The molecule has 0 radical (unpaired) electrons. The Morgan fingerprint density at radius 1 is 0.529 bits per heavy atom. The SMILES string of the molecule is CCCCCCCCCCCCSc1cc(C)c(O)c(SCCCCCCCCCCCC)c1. The summed E-state index contributed by atoms with van der Waals surface area (Å²) in [6, 6.07) is 4.39. The van der Waals surface area contributed by atoms with Gasteiger partial charge < -0.3 is 5.11 Å². The third-order valence-corrected chi connectivity index (χ3v) is 8.94. The van der Waals surface area contributed by atoms with Crippen LogP contribution in [-0.4, -0.2) is 16.6 Å². The highest BCUT2D eigenvalue weighted by molar-refractivity contribution is 8.00. The quantitative estimate of drug-likeness (QED) is 0.111. The summed E-state index contributed by atoms with van der Waals surface area (Å²) in [5, 5.41) is 10.5. The van der Waals surface area contributed by atoms with Crippen molar-refractivity contribution in [2.24, 2.45) is 0 Å². The molecule has 0 bridgehead atoms. The van der Waals surface area contributed by atoms with Crippen LogP contribution < -0.4 is 0 Å². The van der Waals surface area contributed by atoms with Crippen LogP contribution in [0.15, 0.2) is 21.9 Å². The summed E-state index contributed by atoms with van der Waals surface area (Å²) in [7, 11) is 0. The molecule has 0 amide bonds. The first-order valence-electron chi connectivity index (χ1n) is 14.8. The Morgan fingerprint density at radius 2 is 0.912 bits per heavy atom. The van der Waals surface area contributed by atoms with E-state index in [2.05, 4.69) is 26.0 Å². The summed E-state index contributed by atoms with van der Waals surface area (Å²) in [6.07, 6.45) is 27.7. The van der Waals surface area contributed by atoms with Gasteiger partial charge in [-0.1, -0.05) is 129 Å². The zero-order valence-corrected chi connectivity index (χ0v) is 24.6. The molecule has 0 atom stereocenters. The second-order valence-electron chi connectivity index (χ2n) is 10.1. The van der Waals surface area contributed by atoms with Gasteiger partial charge in [0.1, 0.15) is 5.75 Å². The van der Waals surface area contributed by atoms with Crippen LogP contribution in [0.5, 0.6) is 5.75 Å². The number of hydrogen-bond donors (Lipinski definition) is 1. The Morgan fingerprint density at radius 3 is 1.35 bits per heavy atom. The van der Waals surface area contributed by atoms with Crippen molar-refractivity contribution in [1.82, 2.24) is 0 Å². The second kappa shape index (κ2) is 23.1. The highest BCUT2D eigenvalue weighted by Gasteiger charge is 2.08. The molecule has 1 aromatic carbocycles. The van der Waals surface area contributed by atoms with Crippen molar-refractivity contribution in [2.75, 3.05) is 11.5 Å². The minimum Gasteiger partial charge on any atom is -0.507 e. The van der Waals surface area contributed by atoms with Crippen LogP contribution >= 0.6 is 23.5 Å². The molecule has 0 aliphatic heterocycles. The zero-order valence-electron chi connectivity index (χ0n) is 23.0. The third-order valence-electron chi connectivity index (χ3n) is 6.76. The van der Waals surface area contributed by atoms with E-state index in [1.54, 1.807) is 0 Å². The fourth-order valence-corrected chi connectivity index (χ4v) is 6.66. The maximum Gasteiger partial charge on any atom is 0.132 e. The van der Waals surface area contributed by atoms with E-state index < -0.39 is 0 Å². The van der Waals surface area contributed by atoms with Gasteiger partial charge in [-0.25, -0.2) is 0 Å². The van der Waals surface area contributed by atoms with E-state index >= 15 is 0 Å². The number of hydrogen-bond acceptors (Lipinski definition) is 3. The minimum absolute atomic E-state index is 0.500. The summed E-state index contributed by atoms with van der Waals surface area (Å²) in [5.74, 6) is 2.82. The molecule has 0 saturated heterocycles. The molecule has 0 unspecified atom stereocenters. The monoisotopic (exact) mass is 508 g/mol. The van der Waals surface area contributed by atoms with Crippen LogP contribution in [0.2, 0.25) is 0 Å². The number of phenolic OH excluding ortho intramolecular Hbond substituents is 1. The molecule has 0 spiro atoms. The molecular formula is C31H56OS2. The van der Waals surface area contributed by atoms with E-state index in [9.17, 15) is 5.11 Å². The van der Waals surface area contributed by atoms with Crippen molar-refractivity contribution in [3.63, 3.8) is 0 Å². The van der Waals surface area contributed by atoms with Gasteiger partial charge >= 0.3 is 0 Å². The average Bonchev–Trinajstić information content (AvgIpc) is 2.83. The van der Waals surface area contributed by atoms with Crippen LogP contribution in [0.1, 0.15) is 148 Å². The van der Waals surface area contributed by atoms with E-state index in [-0.39, 0.29) is 0 Å². The second-order valence-corrected chi connectivity index (χ2v) is 12.5. The Labute approximate surface area is 222 Å². The topological polar surface area (TPSA) is 20.2 Å². The van der Waals surface area contributed by atoms with Crippen molar-refractivity contribution < 1.29 is 5.11 Å². The molecular weight excluding hydrogens is 452 g/mol. The number of phenols is 1. The number of unbranched alkanes of at least 4 members (excludes halogenated alkanes) is 18. The lowest BCUT2D eigenvalue weighted by atomic mass is 10.1.